The molecule has 0 fully saturated rings. The molecule has 0 spiro atoms. The van der Waals surface area contributed by atoms with E-state index in [4.69, 9.17) is 11.5 Å². The van der Waals surface area contributed by atoms with E-state index in [0.717, 1.165) is 6.07 Å². The first-order valence-electron chi connectivity index (χ1n) is 5.22. The normalized spacial score (nSPS) is 11.5. The standard InChI is InChI=1S/C13H11F3N2/c14-13(15,16)9-5-3-7-11(18)12(9)8-4-1-2-6-10(8)17/h1-7H,17-18H2. The van der Waals surface area contributed by atoms with Gasteiger partial charge in [-0.1, -0.05) is 24.3 Å². The minimum Gasteiger partial charge on any atom is -0.398 e. The predicted molar refractivity (Wildman–Crippen MR) is 65.7 cm³/mol. The lowest BCUT2D eigenvalue weighted by Crippen LogP contribution is -2.09. The monoisotopic (exact) mass is 252 g/mol. The molecule has 0 bridgehead atoms. The van der Waals surface area contributed by atoms with Crippen molar-refractivity contribution >= 4 is 11.4 Å². The van der Waals surface area contributed by atoms with E-state index in [-0.39, 0.29) is 16.9 Å². The van der Waals surface area contributed by atoms with E-state index in [1.165, 1.54) is 18.2 Å². The van der Waals surface area contributed by atoms with Crippen LogP contribution in [0.15, 0.2) is 42.5 Å². The summed E-state index contributed by atoms with van der Waals surface area (Å²) in [5, 5.41) is 0. The quantitative estimate of drug-likeness (QED) is 0.763. The second-order valence-electron chi connectivity index (χ2n) is 3.85. The van der Waals surface area contributed by atoms with Crippen molar-refractivity contribution in [2.45, 2.75) is 6.18 Å². The van der Waals surface area contributed by atoms with Crippen LogP contribution in [0.3, 0.4) is 0 Å². The van der Waals surface area contributed by atoms with Gasteiger partial charge in [-0.15, -0.1) is 0 Å². The lowest BCUT2D eigenvalue weighted by Gasteiger charge is -2.16. The van der Waals surface area contributed by atoms with Crippen molar-refractivity contribution in [3.05, 3.63) is 48.0 Å². The van der Waals surface area contributed by atoms with Crippen molar-refractivity contribution < 1.29 is 13.2 Å². The highest BCUT2D eigenvalue weighted by Crippen LogP contribution is 2.41. The van der Waals surface area contributed by atoms with E-state index < -0.39 is 11.7 Å². The van der Waals surface area contributed by atoms with Crippen LogP contribution in [0.5, 0.6) is 0 Å². The third-order valence-corrected chi connectivity index (χ3v) is 2.63. The molecule has 5 heteroatoms. The zero-order valence-electron chi connectivity index (χ0n) is 9.33. The molecule has 0 amide bonds. The molecule has 0 radical (unpaired) electrons. The molecular formula is C13H11F3N2. The van der Waals surface area contributed by atoms with Gasteiger partial charge in [-0.05, 0) is 18.2 Å². The van der Waals surface area contributed by atoms with Crippen molar-refractivity contribution in [3.63, 3.8) is 0 Å². The average Bonchev–Trinajstić information content (AvgIpc) is 2.29. The summed E-state index contributed by atoms with van der Waals surface area (Å²) in [7, 11) is 0. The lowest BCUT2D eigenvalue weighted by atomic mass is 9.96. The molecule has 2 aromatic carbocycles. The SMILES string of the molecule is Nc1ccccc1-c1c(N)cccc1C(F)(F)F. The van der Waals surface area contributed by atoms with Gasteiger partial charge in [-0.3, -0.25) is 0 Å². The summed E-state index contributed by atoms with van der Waals surface area (Å²) >= 11 is 0. The fourth-order valence-corrected chi connectivity index (χ4v) is 1.83. The minimum absolute atomic E-state index is 0.0581. The van der Waals surface area contributed by atoms with Gasteiger partial charge in [0.05, 0.1) is 5.56 Å². The zero-order chi connectivity index (χ0) is 13.3. The molecule has 2 rings (SSSR count). The van der Waals surface area contributed by atoms with Gasteiger partial charge >= 0.3 is 6.18 Å². The molecule has 0 aliphatic rings. The molecule has 94 valence electrons. The summed E-state index contributed by atoms with van der Waals surface area (Å²) in [4.78, 5) is 0. The maximum absolute atomic E-state index is 12.9. The van der Waals surface area contributed by atoms with Gasteiger partial charge in [0, 0.05) is 22.5 Å². The molecular weight excluding hydrogens is 241 g/mol. The molecule has 2 aromatic rings. The Kier molecular flexibility index (Phi) is 2.90. The van der Waals surface area contributed by atoms with E-state index >= 15 is 0 Å². The number of hydrogen-bond acceptors (Lipinski definition) is 2. The Morgan fingerprint density at radius 3 is 2.00 bits per heavy atom. The second kappa shape index (κ2) is 4.25. The van der Waals surface area contributed by atoms with Crippen LogP contribution in [0.4, 0.5) is 24.5 Å². The number of anilines is 2. The number of para-hydroxylation sites is 1. The number of alkyl halides is 3. The maximum Gasteiger partial charge on any atom is 0.417 e. The lowest BCUT2D eigenvalue weighted by molar-refractivity contribution is -0.137. The van der Waals surface area contributed by atoms with Crippen molar-refractivity contribution in [1.82, 2.24) is 0 Å². The minimum atomic E-state index is -4.47. The van der Waals surface area contributed by atoms with Crippen molar-refractivity contribution in [2.75, 3.05) is 11.5 Å². The highest BCUT2D eigenvalue weighted by atomic mass is 19.4. The molecule has 0 saturated heterocycles. The molecule has 0 aromatic heterocycles. The van der Waals surface area contributed by atoms with Crippen LogP contribution >= 0.6 is 0 Å². The molecule has 0 unspecified atom stereocenters. The van der Waals surface area contributed by atoms with Crippen LogP contribution in [0, 0.1) is 0 Å². The van der Waals surface area contributed by atoms with Gasteiger partial charge in [0.2, 0.25) is 0 Å². The Bertz CT molecular complexity index is 577. The Labute approximate surface area is 102 Å². The predicted octanol–water partition coefficient (Wildman–Crippen LogP) is 3.54. The molecule has 0 aliphatic heterocycles. The fourth-order valence-electron chi connectivity index (χ4n) is 1.83. The van der Waals surface area contributed by atoms with Gasteiger partial charge < -0.3 is 11.5 Å². The largest absolute Gasteiger partial charge is 0.417 e. The van der Waals surface area contributed by atoms with Crippen molar-refractivity contribution in [1.29, 1.82) is 0 Å². The number of halogens is 3. The summed E-state index contributed by atoms with van der Waals surface area (Å²) in [5.74, 6) is 0. The van der Waals surface area contributed by atoms with Gasteiger partial charge in [-0.25, -0.2) is 0 Å². The van der Waals surface area contributed by atoms with Gasteiger partial charge in [0.15, 0.2) is 0 Å². The molecule has 2 nitrogen and oxygen atoms in total. The molecule has 0 atom stereocenters. The van der Waals surface area contributed by atoms with Gasteiger partial charge in [-0.2, -0.15) is 13.2 Å². The van der Waals surface area contributed by atoms with Gasteiger partial charge in [0.25, 0.3) is 0 Å². The first-order valence-corrected chi connectivity index (χ1v) is 5.22. The first-order chi connectivity index (χ1) is 8.41. The number of benzene rings is 2. The number of rotatable bonds is 1. The van der Waals surface area contributed by atoms with Crippen molar-refractivity contribution in [2.24, 2.45) is 0 Å². The van der Waals surface area contributed by atoms with Crippen LogP contribution in [0.25, 0.3) is 11.1 Å². The Morgan fingerprint density at radius 2 is 1.39 bits per heavy atom. The number of nitrogens with two attached hydrogens (primary N) is 2. The highest BCUT2D eigenvalue weighted by Gasteiger charge is 2.34. The van der Waals surface area contributed by atoms with Crippen LogP contribution in [-0.4, -0.2) is 0 Å². The molecule has 4 N–H and O–H groups in total. The summed E-state index contributed by atoms with van der Waals surface area (Å²) in [6.45, 7) is 0. The Balaban J connectivity index is 2.75. The zero-order valence-corrected chi connectivity index (χ0v) is 9.33. The van der Waals surface area contributed by atoms with Crippen LogP contribution in [0.2, 0.25) is 0 Å². The Hall–Kier alpha value is -2.17. The van der Waals surface area contributed by atoms with E-state index in [9.17, 15) is 13.2 Å². The topological polar surface area (TPSA) is 52.0 Å². The van der Waals surface area contributed by atoms with E-state index in [0.29, 0.717) is 5.56 Å². The summed E-state index contributed by atoms with van der Waals surface area (Å²) in [6.07, 6.45) is -4.47. The second-order valence-corrected chi connectivity index (χ2v) is 3.85. The summed E-state index contributed by atoms with van der Waals surface area (Å²) in [5.41, 5.74) is 11.1. The average molecular weight is 252 g/mol. The fraction of sp³-hybridized carbons (Fsp3) is 0.0769. The number of nitrogen functional groups attached to an aromatic ring is 2. The van der Waals surface area contributed by atoms with Crippen LogP contribution < -0.4 is 11.5 Å². The first kappa shape index (κ1) is 12.3. The van der Waals surface area contributed by atoms with Crippen molar-refractivity contribution in [3.8, 4) is 11.1 Å². The maximum atomic E-state index is 12.9. The van der Waals surface area contributed by atoms with E-state index in [2.05, 4.69) is 0 Å². The van der Waals surface area contributed by atoms with Gasteiger partial charge in [0.1, 0.15) is 0 Å². The third-order valence-electron chi connectivity index (χ3n) is 2.63. The van der Waals surface area contributed by atoms with E-state index in [1.807, 2.05) is 0 Å². The van der Waals surface area contributed by atoms with Crippen LogP contribution in [-0.2, 0) is 6.18 Å². The summed E-state index contributed by atoms with van der Waals surface area (Å²) < 4.78 is 38.8. The van der Waals surface area contributed by atoms with Crippen LogP contribution in [0.1, 0.15) is 5.56 Å². The smallest absolute Gasteiger partial charge is 0.398 e. The molecule has 0 heterocycles. The Morgan fingerprint density at radius 1 is 0.778 bits per heavy atom. The third kappa shape index (κ3) is 2.11. The van der Waals surface area contributed by atoms with E-state index in [1.54, 1.807) is 18.2 Å². The number of hydrogen-bond donors (Lipinski definition) is 2. The molecule has 0 saturated carbocycles. The highest BCUT2D eigenvalue weighted by molar-refractivity contribution is 5.86. The molecule has 0 aliphatic carbocycles. The summed E-state index contributed by atoms with van der Waals surface area (Å²) in [6, 6.07) is 10.1. The molecule has 18 heavy (non-hydrogen) atoms.